The second kappa shape index (κ2) is 6.19. The highest BCUT2D eigenvalue weighted by Crippen LogP contribution is 2.30. The molecule has 1 fully saturated rings. The van der Waals surface area contributed by atoms with Crippen LogP contribution in [0.25, 0.3) is 0 Å². The van der Waals surface area contributed by atoms with Gasteiger partial charge in [0.05, 0.1) is 12.2 Å². The van der Waals surface area contributed by atoms with Crippen LogP contribution in [0.1, 0.15) is 44.8 Å². The Balaban J connectivity index is 1.94. The van der Waals surface area contributed by atoms with E-state index in [0.29, 0.717) is 18.5 Å². The van der Waals surface area contributed by atoms with Crippen LogP contribution in [0.15, 0.2) is 12.3 Å². The standard InChI is InChI=1S/C14H23N3O2/c1-3-11(2)17-7-6-13(15-17)9-16(10-14(18)19)8-12-4-5-12/h6-7,11-12H,3-5,8-10H2,1-2H3,(H,18,19). The van der Waals surface area contributed by atoms with E-state index in [1.54, 1.807) is 0 Å². The first-order chi connectivity index (χ1) is 9.08. The maximum Gasteiger partial charge on any atom is 0.317 e. The fraction of sp³-hybridized carbons (Fsp3) is 0.714. The van der Waals surface area contributed by atoms with Crippen LogP contribution in [0.5, 0.6) is 0 Å². The lowest BCUT2D eigenvalue weighted by atomic mass is 10.3. The van der Waals surface area contributed by atoms with Crippen LogP contribution < -0.4 is 0 Å². The third-order valence-electron chi connectivity index (χ3n) is 3.66. The van der Waals surface area contributed by atoms with Gasteiger partial charge >= 0.3 is 5.97 Å². The minimum atomic E-state index is -0.762. The van der Waals surface area contributed by atoms with E-state index < -0.39 is 5.97 Å². The Morgan fingerprint density at radius 2 is 2.37 bits per heavy atom. The maximum atomic E-state index is 10.9. The molecule has 0 aliphatic heterocycles. The highest BCUT2D eigenvalue weighted by atomic mass is 16.4. The second-order valence-electron chi connectivity index (χ2n) is 5.55. The number of carbonyl (C=O) groups is 1. The molecule has 1 N–H and O–H groups in total. The molecule has 0 bridgehead atoms. The first kappa shape index (κ1) is 14.1. The molecule has 0 radical (unpaired) electrons. The Morgan fingerprint density at radius 3 is 2.95 bits per heavy atom. The van der Waals surface area contributed by atoms with Gasteiger partial charge < -0.3 is 5.11 Å². The first-order valence-corrected chi connectivity index (χ1v) is 7.06. The smallest absolute Gasteiger partial charge is 0.317 e. The van der Waals surface area contributed by atoms with Crippen molar-refractivity contribution in [2.24, 2.45) is 5.92 Å². The Morgan fingerprint density at radius 1 is 1.63 bits per heavy atom. The van der Waals surface area contributed by atoms with Gasteiger partial charge in [-0.1, -0.05) is 6.92 Å². The van der Waals surface area contributed by atoms with Gasteiger partial charge in [0, 0.05) is 25.3 Å². The summed E-state index contributed by atoms with van der Waals surface area (Å²) in [5.74, 6) is -0.0713. The van der Waals surface area contributed by atoms with Crippen LogP contribution in [-0.4, -0.2) is 38.8 Å². The summed E-state index contributed by atoms with van der Waals surface area (Å²) in [7, 11) is 0. The van der Waals surface area contributed by atoms with Crippen LogP contribution >= 0.6 is 0 Å². The molecule has 1 aromatic heterocycles. The molecule has 1 atom stereocenters. The van der Waals surface area contributed by atoms with Crippen LogP contribution in [0, 0.1) is 5.92 Å². The quantitative estimate of drug-likeness (QED) is 0.782. The van der Waals surface area contributed by atoms with Crippen molar-refractivity contribution in [3.8, 4) is 0 Å². The molecule has 0 aromatic carbocycles. The Hall–Kier alpha value is -1.36. The first-order valence-electron chi connectivity index (χ1n) is 7.06. The predicted octanol–water partition coefficient (Wildman–Crippen LogP) is 2.15. The number of aromatic nitrogens is 2. The van der Waals surface area contributed by atoms with Gasteiger partial charge in [-0.2, -0.15) is 5.10 Å². The Kier molecular flexibility index (Phi) is 4.58. The van der Waals surface area contributed by atoms with Gasteiger partial charge in [-0.25, -0.2) is 0 Å². The summed E-state index contributed by atoms with van der Waals surface area (Å²) >= 11 is 0. The average molecular weight is 265 g/mol. The Labute approximate surface area is 114 Å². The van der Waals surface area contributed by atoms with E-state index in [1.165, 1.54) is 12.8 Å². The number of carboxylic acids is 1. The van der Waals surface area contributed by atoms with E-state index >= 15 is 0 Å². The van der Waals surface area contributed by atoms with Crippen LogP contribution in [0.3, 0.4) is 0 Å². The normalized spacial score (nSPS) is 16.8. The van der Waals surface area contributed by atoms with Gasteiger partial charge in [0.15, 0.2) is 0 Å². The van der Waals surface area contributed by atoms with Gasteiger partial charge in [-0.3, -0.25) is 14.4 Å². The van der Waals surface area contributed by atoms with Crippen molar-refractivity contribution in [2.45, 2.75) is 45.7 Å². The zero-order valence-electron chi connectivity index (χ0n) is 11.7. The van der Waals surface area contributed by atoms with Crippen molar-refractivity contribution in [1.29, 1.82) is 0 Å². The molecular formula is C14H23N3O2. The fourth-order valence-corrected chi connectivity index (χ4v) is 2.17. The molecule has 0 saturated heterocycles. The lowest BCUT2D eigenvalue weighted by Crippen LogP contribution is -2.31. The zero-order valence-corrected chi connectivity index (χ0v) is 11.7. The van der Waals surface area contributed by atoms with E-state index in [1.807, 2.05) is 21.8 Å². The number of nitrogens with zero attached hydrogens (tertiary/aromatic N) is 3. The molecule has 106 valence electrons. The van der Waals surface area contributed by atoms with Crippen LogP contribution in [0.4, 0.5) is 0 Å². The van der Waals surface area contributed by atoms with Crippen molar-refractivity contribution in [1.82, 2.24) is 14.7 Å². The molecule has 1 aliphatic carbocycles. The van der Waals surface area contributed by atoms with Crippen molar-refractivity contribution in [2.75, 3.05) is 13.1 Å². The lowest BCUT2D eigenvalue weighted by molar-refractivity contribution is -0.138. The number of hydrogen-bond acceptors (Lipinski definition) is 3. The van der Waals surface area contributed by atoms with E-state index in [-0.39, 0.29) is 6.54 Å². The molecular weight excluding hydrogens is 242 g/mol. The number of carboxylic acid groups (broad SMARTS) is 1. The van der Waals surface area contributed by atoms with Gasteiger partial charge in [-0.15, -0.1) is 0 Å². The number of rotatable bonds is 8. The largest absolute Gasteiger partial charge is 0.480 e. The van der Waals surface area contributed by atoms with Crippen molar-refractivity contribution < 1.29 is 9.90 Å². The van der Waals surface area contributed by atoms with E-state index in [0.717, 1.165) is 18.7 Å². The highest BCUT2D eigenvalue weighted by Gasteiger charge is 2.25. The predicted molar refractivity (Wildman–Crippen MR) is 72.9 cm³/mol. The summed E-state index contributed by atoms with van der Waals surface area (Å²) in [5, 5.41) is 13.5. The molecule has 0 amide bonds. The van der Waals surface area contributed by atoms with Crippen molar-refractivity contribution >= 4 is 5.97 Å². The molecule has 0 spiro atoms. The molecule has 2 rings (SSSR count). The molecule has 19 heavy (non-hydrogen) atoms. The summed E-state index contributed by atoms with van der Waals surface area (Å²) in [6, 6.07) is 2.39. The summed E-state index contributed by atoms with van der Waals surface area (Å²) in [5.41, 5.74) is 0.960. The molecule has 1 saturated carbocycles. The van der Waals surface area contributed by atoms with E-state index in [4.69, 9.17) is 5.11 Å². The molecule has 1 heterocycles. The third-order valence-corrected chi connectivity index (χ3v) is 3.66. The Bertz CT molecular complexity index is 426. The lowest BCUT2D eigenvalue weighted by Gasteiger charge is -2.18. The fourth-order valence-electron chi connectivity index (χ4n) is 2.17. The number of aliphatic carboxylic acids is 1. The van der Waals surface area contributed by atoms with Gasteiger partial charge in [0.25, 0.3) is 0 Å². The van der Waals surface area contributed by atoms with Crippen molar-refractivity contribution in [3.05, 3.63) is 18.0 Å². The molecule has 5 nitrogen and oxygen atoms in total. The number of hydrogen-bond donors (Lipinski definition) is 1. The third kappa shape index (κ3) is 4.35. The maximum absolute atomic E-state index is 10.9. The molecule has 5 heteroatoms. The molecule has 1 aliphatic rings. The van der Waals surface area contributed by atoms with E-state index in [9.17, 15) is 4.79 Å². The molecule has 1 unspecified atom stereocenters. The monoisotopic (exact) mass is 265 g/mol. The molecule has 1 aromatic rings. The van der Waals surface area contributed by atoms with Crippen molar-refractivity contribution in [3.63, 3.8) is 0 Å². The SMILES string of the molecule is CCC(C)n1ccc(CN(CC(=O)O)CC2CC2)n1. The second-order valence-corrected chi connectivity index (χ2v) is 5.55. The minimum absolute atomic E-state index is 0.104. The minimum Gasteiger partial charge on any atom is -0.480 e. The van der Waals surface area contributed by atoms with E-state index in [2.05, 4.69) is 18.9 Å². The summed E-state index contributed by atoms with van der Waals surface area (Å²) < 4.78 is 1.96. The highest BCUT2D eigenvalue weighted by molar-refractivity contribution is 5.69. The summed E-state index contributed by atoms with van der Waals surface area (Å²) in [4.78, 5) is 12.9. The van der Waals surface area contributed by atoms with Crippen LogP contribution in [-0.2, 0) is 11.3 Å². The van der Waals surface area contributed by atoms with Gasteiger partial charge in [0.2, 0.25) is 0 Å². The average Bonchev–Trinajstić information content (AvgIpc) is 3.04. The van der Waals surface area contributed by atoms with Gasteiger partial charge in [-0.05, 0) is 38.2 Å². The summed E-state index contributed by atoms with van der Waals surface area (Å²) in [6.45, 7) is 5.88. The van der Waals surface area contributed by atoms with Gasteiger partial charge in [0.1, 0.15) is 0 Å². The van der Waals surface area contributed by atoms with Crippen LogP contribution in [0.2, 0.25) is 0 Å². The summed E-state index contributed by atoms with van der Waals surface area (Å²) in [6.07, 6.45) is 5.50. The topological polar surface area (TPSA) is 58.4 Å². The zero-order chi connectivity index (χ0) is 13.8.